The van der Waals surface area contributed by atoms with Crippen LogP contribution in [0.25, 0.3) is 0 Å². The topological polar surface area (TPSA) is 47.3 Å². The molecule has 0 aliphatic heterocycles. The van der Waals surface area contributed by atoms with Crippen molar-refractivity contribution in [2.24, 2.45) is 5.84 Å². The number of hydrogen-bond acceptors (Lipinski definition) is 4. The number of hydrogen-bond donors (Lipinski definition) is 2. The second-order valence-corrected chi connectivity index (χ2v) is 5.30. The van der Waals surface area contributed by atoms with Crippen LogP contribution in [-0.2, 0) is 0 Å². The van der Waals surface area contributed by atoms with E-state index in [0.29, 0.717) is 10.6 Å². The molecular formula is C15H17FN2OS. The maximum absolute atomic E-state index is 13.6. The summed E-state index contributed by atoms with van der Waals surface area (Å²) in [6.45, 7) is 0. The predicted molar refractivity (Wildman–Crippen MR) is 80.2 cm³/mol. The number of nitrogens with two attached hydrogens (primary N) is 1. The Bertz CT molecular complexity index is 548. The van der Waals surface area contributed by atoms with Gasteiger partial charge in [-0.15, -0.1) is 11.8 Å². The van der Waals surface area contributed by atoms with Crippen LogP contribution in [0.1, 0.15) is 11.6 Å². The molecule has 0 aliphatic rings. The van der Waals surface area contributed by atoms with Gasteiger partial charge in [0.1, 0.15) is 11.6 Å². The van der Waals surface area contributed by atoms with Gasteiger partial charge in [0, 0.05) is 10.6 Å². The lowest BCUT2D eigenvalue weighted by atomic mass is 10.1. The van der Waals surface area contributed by atoms with Gasteiger partial charge < -0.3 is 4.74 Å². The van der Waals surface area contributed by atoms with Crippen molar-refractivity contribution in [2.75, 3.05) is 12.9 Å². The number of methoxy groups -OCH3 is 1. The summed E-state index contributed by atoms with van der Waals surface area (Å²) < 4.78 is 18.7. The Morgan fingerprint density at radius 3 is 2.50 bits per heavy atom. The van der Waals surface area contributed by atoms with Crippen LogP contribution in [0.4, 0.5) is 4.39 Å². The highest BCUT2D eigenvalue weighted by atomic mass is 32.2. The number of hydrazine groups is 1. The van der Waals surface area contributed by atoms with Gasteiger partial charge in [-0.2, -0.15) is 0 Å². The van der Waals surface area contributed by atoms with Gasteiger partial charge in [-0.3, -0.25) is 11.3 Å². The molecule has 106 valence electrons. The van der Waals surface area contributed by atoms with Gasteiger partial charge >= 0.3 is 0 Å². The van der Waals surface area contributed by atoms with E-state index < -0.39 is 0 Å². The van der Waals surface area contributed by atoms with E-state index in [0.717, 1.165) is 11.3 Å². The Morgan fingerprint density at radius 1 is 1.20 bits per heavy atom. The Morgan fingerprint density at radius 2 is 1.90 bits per heavy atom. The Kier molecular flexibility index (Phi) is 5.40. The van der Waals surface area contributed by atoms with Gasteiger partial charge in [0.25, 0.3) is 0 Å². The third kappa shape index (κ3) is 3.72. The number of nitrogens with one attached hydrogen (secondary N) is 1. The zero-order valence-electron chi connectivity index (χ0n) is 11.2. The quantitative estimate of drug-likeness (QED) is 0.488. The maximum Gasteiger partial charge on any atom is 0.136 e. The minimum absolute atomic E-state index is 0.0505. The van der Waals surface area contributed by atoms with E-state index in [-0.39, 0.29) is 11.9 Å². The number of benzene rings is 2. The molecule has 0 radical (unpaired) electrons. The van der Waals surface area contributed by atoms with Crippen LogP contribution in [0.15, 0.2) is 53.4 Å². The molecule has 0 heterocycles. The zero-order chi connectivity index (χ0) is 14.4. The molecule has 0 aromatic heterocycles. The first-order valence-corrected chi connectivity index (χ1v) is 7.20. The largest absolute Gasteiger partial charge is 0.497 e. The lowest BCUT2D eigenvalue weighted by Crippen LogP contribution is -2.29. The minimum Gasteiger partial charge on any atom is -0.497 e. The molecule has 0 spiro atoms. The van der Waals surface area contributed by atoms with Gasteiger partial charge in [0.15, 0.2) is 0 Å². The SMILES string of the molecule is COc1ccc(C(CSc2ccccc2F)NN)cc1. The second kappa shape index (κ2) is 7.28. The summed E-state index contributed by atoms with van der Waals surface area (Å²) in [6, 6.07) is 14.3. The van der Waals surface area contributed by atoms with E-state index in [1.807, 2.05) is 30.3 Å². The average Bonchev–Trinajstić information content (AvgIpc) is 2.50. The smallest absolute Gasteiger partial charge is 0.136 e. The Labute approximate surface area is 122 Å². The molecule has 3 N–H and O–H groups in total. The van der Waals surface area contributed by atoms with Crippen molar-refractivity contribution < 1.29 is 9.13 Å². The minimum atomic E-state index is -0.206. The van der Waals surface area contributed by atoms with Gasteiger partial charge in [-0.1, -0.05) is 24.3 Å². The van der Waals surface area contributed by atoms with E-state index in [4.69, 9.17) is 10.6 Å². The molecule has 1 atom stereocenters. The molecule has 0 saturated carbocycles. The molecule has 0 bridgehead atoms. The molecule has 5 heteroatoms. The summed E-state index contributed by atoms with van der Waals surface area (Å²) >= 11 is 1.44. The molecule has 2 aromatic carbocycles. The molecule has 0 fully saturated rings. The van der Waals surface area contributed by atoms with Crippen LogP contribution in [-0.4, -0.2) is 12.9 Å². The maximum atomic E-state index is 13.6. The number of ether oxygens (including phenoxy) is 1. The third-order valence-corrected chi connectivity index (χ3v) is 4.10. The van der Waals surface area contributed by atoms with Gasteiger partial charge in [-0.25, -0.2) is 4.39 Å². The number of thioether (sulfide) groups is 1. The van der Waals surface area contributed by atoms with Crippen molar-refractivity contribution >= 4 is 11.8 Å². The Hall–Kier alpha value is -1.56. The fourth-order valence-corrected chi connectivity index (χ4v) is 2.83. The average molecular weight is 292 g/mol. The van der Waals surface area contributed by atoms with Crippen molar-refractivity contribution in [1.29, 1.82) is 0 Å². The molecular weight excluding hydrogens is 275 g/mol. The summed E-state index contributed by atoms with van der Waals surface area (Å²) in [6.07, 6.45) is 0. The standard InChI is InChI=1S/C15H17FN2OS/c1-19-12-8-6-11(7-9-12)14(18-17)10-20-15-5-3-2-4-13(15)16/h2-9,14,18H,10,17H2,1H3. The van der Waals surface area contributed by atoms with Crippen LogP contribution in [0.3, 0.4) is 0 Å². The lowest BCUT2D eigenvalue weighted by Gasteiger charge is -2.16. The van der Waals surface area contributed by atoms with E-state index in [9.17, 15) is 4.39 Å². The van der Waals surface area contributed by atoms with Gasteiger partial charge in [0.2, 0.25) is 0 Å². The normalized spacial score (nSPS) is 12.2. The molecule has 2 aromatic rings. The highest BCUT2D eigenvalue weighted by Crippen LogP contribution is 2.27. The van der Waals surface area contributed by atoms with Crippen LogP contribution in [0.5, 0.6) is 5.75 Å². The van der Waals surface area contributed by atoms with Crippen LogP contribution in [0, 0.1) is 5.82 Å². The number of halogens is 1. The van der Waals surface area contributed by atoms with Crippen LogP contribution >= 0.6 is 11.8 Å². The molecule has 0 amide bonds. The van der Waals surface area contributed by atoms with Gasteiger partial charge in [0.05, 0.1) is 13.2 Å². The van der Waals surface area contributed by atoms with Crippen molar-refractivity contribution in [3.05, 3.63) is 59.9 Å². The molecule has 3 nitrogen and oxygen atoms in total. The molecule has 2 rings (SSSR count). The van der Waals surface area contributed by atoms with Crippen LogP contribution < -0.4 is 16.0 Å². The Balaban J connectivity index is 2.03. The third-order valence-electron chi connectivity index (χ3n) is 2.96. The van der Waals surface area contributed by atoms with Crippen molar-refractivity contribution in [3.8, 4) is 5.75 Å². The fourth-order valence-electron chi connectivity index (χ4n) is 1.81. The summed E-state index contributed by atoms with van der Waals surface area (Å²) in [4.78, 5) is 0.626. The summed E-state index contributed by atoms with van der Waals surface area (Å²) in [5.41, 5.74) is 3.80. The molecule has 0 aliphatic carbocycles. The monoisotopic (exact) mass is 292 g/mol. The molecule has 1 unspecified atom stereocenters. The first-order valence-electron chi connectivity index (χ1n) is 6.22. The van der Waals surface area contributed by atoms with Crippen molar-refractivity contribution in [1.82, 2.24) is 5.43 Å². The summed E-state index contributed by atoms with van der Waals surface area (Å²) in [5.74, 6) is 6.82. The second-order valence-electron chi connectivity index (χ2n) is 4.23. The highest BCUT2D eigenvalue weighted by Gasteiger charge is 2.11. The summed E-state index contributed by atoms with van der Waals surface area (Å²) in [5, 5.41) is 0. The van der Waals surface area contributed by atoms with E-state index in [1.54, 1.807) is 19.2 Å². The van der Waals surface area contributed by atoms with Crippen molar-refractivity contribution in [2.45, 2.75) is 10.9 Å². The lowest BCUT2D eigenvalue weighted by molar-refractivity contribution is 0.414. The van der Waals surface area contributed by atoms with Gasteiger partial charge in [-0.05, 0) is 29.8 Å². The number of rotatable bonds is 6. The first-order chi connectivity index (χ1) is 9.74. The molecule has 0 saturated heterocycles. The van der Waals surface area contributed by atoms with Crippen molar-refractivity contribution in [3.63, 3.8) is 0 Å². The van der Waals surface area contributed by atoms with E-state index >= 15 is 0 Å². The predicted octanol–water partition coefficient (Wildman–Crippen LogP) is 3.13. The highest BCUT2D eigenvalue weighted by molar-refractivity contribution is 7.99. The van der Waals surface area contributed by atoms with Crippen LogP contribution in [0.2, 0.25) is 0 Å². The van der Waals surface area contributed by atoms with E-state index in [2.05, 4.69) is 5.43 Å². The van der Waals surface area contributed by atoms with E-state index in [1.165, 1.54) is 17.8 Å². The zero-order valence-corrected chi connectivity index (χ0v) is 12.0. The first kappa shape index (κ1) is 14.8. The summed E-state index contributed by atoms with van der Waals surface area (Å²) in [7, 11) is 1.63. The fraction of sp³-hybridized carbons (Fsp3) is 0.200. The molecule has 20 heavy (non-hydrogen) atoms.